The van der Waals surface area contributed by atoms with Gasteiger partial charge in [0.25, 0.3) is 6.03 Å². The summed E-state index contributed by atoms with van der Waals surface area (Å²) in [6, 6.07) is 0.0840. The van der Waals surface area contributed by atoms with Crippen LogP contribution in [0.1, 0.15) is 42.6 Å². The maximum Gasteiger partial charge on any atom is 0.366 e. The Morgan fingerprint density at radius 3 is 3.16 bits per heavy atom. The third-order valence-electron chi connectivity index (χ3n) is 5.31. The van der Waals surface area contributed by atoms with Gasteiger partial charge < -0.3 is 9.20 Å². The lowest BCUT2D eigenvalue weighted by Crippen LogP contribution is -2.42. The largest absolute Gasteiger partial charge is 0.435 e. The highest BCUT2D eigenvalue weighted by Gasteiger charge is 2.60. The standard InChI is InChI=1S/C13H18N4O.Al.2H/c14-12(18)17-5-3-10-9(7-17)11(16-15-10)13-4-1-2-8(13)6-13;;;/h8H,1-7H2,(H3,14,15,16,18);;;/q;+1;;/p-1. The summed E-state index contributed by atoms with van der Waals surface area (Å²) in [5.41, 5.74) is 4.25. The van der Waals surface area contributed by atoms with E-state index < -0.39 is 0 Å². The number of amides is 2. The van der Waals surface area contributed by atoms with Gasteiger partial charge in [0.2, 0.25) is 0 Å². The van der Waals surface area contributed by atoms with E-state index in [0.29, 0.717) is 21.9 Å². The smallest absolute Gasteiger partial charge is 0.366 e. The van der Waals surface area contributed by atoms with Gasteiger partial charge in [-0.15, -0.1) is 0 Å². The van der Waals surface area contributed by atoms with E-state index in [-0.39, 0.29) is 6.03 Å². The van der Waals surface area contributed by atoms with Gasteiger partial charge in [0.1, 0.15) is 0 Å². The van der Waals surface area contributed by atoms with E-state index >= 15 is 0 Å². The first-order chi connectivity index (χ1) is 9.24. The Bertz CT molecular complexity index is 543. The first-order valence-electron chi connectivity index (χ1n) is 7.28. The van der Waals surface area contributed by atoms with E-state index in [2.05, 4.69) is 14.5 Å². The molecule has 19 heavy (non-hydrogen) atoms. The molecular formula is C13H19AlN4O. The number of hydrogen-bond donors (Lipinski definition) is 2. The van der Waals surface area contributed by atoms with Crippen molar-refractivity contribution >= 4 is 22.5 Å². The lowest BCUT2D eigenvalue weighted by atomic mass is 9.92. The fourth-order valence-corrected chi connectivity index (χ4v) is 4.49. The molecule has 1 aromatic rings. The summed E-state index contributed by atoms with van der Waals surface area (Å²) < 4.78 is 2.86. The number of nitrogens with one attached hydrogen (secondary N) is 2. The van der Waals surface area contributed by atoms with Gasteiger partial charge in [0, 0.05) is 29.6 Å². The minimum Gasteiger partial charge on any atom is -0.435 e. The maximum absolute atomic E-state index is 11.8. The van der Waals surface area contributed by atoms with Crippen molar-refractivity contribution in [2.24, 2.45) is 5.92 Å². The van der Waals surface area contributed by atoms with Crippen LogP contribution < -0.4 is 4.30 Å². The highest BCUT2D eigenvalue weighted by atomic mass is 27.1. The number of urea groups is 1. The Labute approximate surface area is 120 Å². The summed E-state index contributed by atoms with van der Waals surface area (Å²) in [4.78, 5) is 13.8. The molecule has 4 rings (SSSR count). The molecule has 5 nitrogen and oxygen atoms in total. The van der Waals surface area contributed by atoms with Gasteiger partial charge in [-0.2, -0.15) is 5.10 Å². The van der Waals surface area contributed by atoms with Crippen molar-refractivity contribution in [3.63, 3.8) is 0 Å². The molecule has 2 saturated carbocycles. The summed E-state index contributed by atoms with van der Waals surface area (Å²) >= 11 is 0.714. The van der Waals surface area contributed by atoms with Crippen LogP contribution in [-0.4, -0.2) is 44.2 Å². The fraction of sp³-hybridized carbons (Fsp3) is 0.692. The number of rotatable bonds is 1. The summed E-state index contributed by atoms with van der Waals surface area (Å²) in [5.74, 6) is 0.864. The molecule has 100 valence electrons. The lowest BCUT2D eigenvalue weighted by Gasteiger charge is -2.28. The zero-order valence-corrected chi connectivity index (χ0v) is 13.3. The van der Waals surface area contributed by atoms with Gasteiger partial charge in [-0.3, -0.25) is 9.89 Å². The van der Waals surface area contributed by atoms with Gasteiger partial charge in [-0.05, 0) is 25.2 Å². The second-order valence-corrected chi connectivity index (χ2v) is 6.71. The minimum absolute atomic E-state index is 0.0840. The van der Waals surface area contributed by atoms with Crippen molar-refractivity contribution in [3.8, 4) is 0 Å². The molecule has 1 aliphatic heterocycles. The zero-order chi connectivity index (χ0) is 13.0. The van der Waals surface area contributed by atoms with Crippen LogP contribution >= 0.6 is 0 Å². The Kier molecular flexibility index (Phi) is 2.49. The van der Waals surface area contributed by atoms with Gasteiger partial charge in [-0.1, -0.05) is 6.42 Å². The highest BCUT2D eigenvalue weighted by molar-refractivity contribution is 6.13. The highest BCUT2D eigenvalue weighted by Crippen LogP contribution is 2.64. The van der Waals surface area contributed by atoms with E-state index in [0.717, 1.165) is 25.4 Å². The van der Waals surface area contributed by atoms with Crippen LogP contribution in [0.15, 0.2) is 0 Å². The summed E-state index contributed by atoms with van der Waals surface area (Å²) in [7, 11) is 0. The van der Waals surface area contributed by atoms with Gasteiger partial charge in [0.15, 0.2) is 0 Å². The fourth-order valence-electron chi connectivity index (χ4n) is 4.18. The van der Waals surface area contributed by atoms with Crippen LogP contribution in [0.4, 0.5) is 4.79 Å². The maximum atomic E-state index is 11.8. The number of aromatic amines is 1. The van der Waals surface area contributed by atoms with Crippen LogP contribution in [0, 0.1) is 5.92 Å². The second-order valence-electron chi connectivity index (χ2n) is 6.21. The summed E-state index contributed by atoms with van der Waals surface area (Å²) in [5, 5.41) is 7.87. The zero-order valence-electron chi connectivity index (χ0n) is 11.3. The molecule has 0 saturated heterocycles. The number of nitrogens with zero attached hydrogens (tertiary/aromatic N) is 2. The number of carbonyl (C=O) groups is 1. The first kappa shape index (κ1) is 11.8. The Balaban J connectivity index is 1.66. The molecule has 0 radical (unpaired) electrons. The molecule has 3 aliphatic rings. The molecule has 2 heterocycles. The summed E-state index contributed by atoms with van der Waals surface area (Å²) in [6.07, 6.45) is 6.24. The molecule has 6 heteroatoms. The van der Waals surface area contributed by atoms with Gasteiger partial charge >= 0.3 is 16.5 Å². The van der Waals surface area contributed by atoms with Gasteiger partial charge in [0.05, 0.1) is 12.2 Å². The molecule has 2 amide bonds. The van der Waals surface area contributed by atoms with E-state index in [9.17, 15) is 4.79 Å². The van der Waals surface area contributed by atoms with Gasteiger partial charge in [-0.25, -0.2) is 0 Å². The topological polar surface area (TPSA) is 61.0 Å². The molecule has 2 unspecified atom stereocenters. The molecule has 2 N–H and O–H groups in total. The predicted molar refractivity (Wildman–Crippen MR) is 73.4 cm³/mol. The average molecular weight is 274 g/mol. The van der Waals surface area contributed by atoms with E-state index in [1.165, 1.54) is 42.6 Å². The number of carbonyl (C=O) groups excluding carboxylic acids is 1. The molecule has 2 fully saturated rings. The molecule has 0 aromatic carbocycles. The van der Waals surface area contributed by atoms with Crippen molar-refractivity contribution in [2.45, 2.75) is 44.1 Å². The minimum atomic E-state index is 0.0840. The van der Waals surface area contributed by atoms with Crippen molar-refractivity contribution in [3.05, 3.63) is 17.0 Å². The van der Waals surface area contributed by atoms with E-state index in [1.807, 2.05) is 4.90 Å². The third-order valence-corrected chi connectivity index (χ3v) is 5.74. The van der Waals surface area contributed by atoms with Crippen molar-refractivity contribution in [2.75, 3.05) is 6.54 Å². The first-order valence-corrected chi connectivity index (χ1v) is 8.28. The Hall–Kier alpha value is -0.988. The quantitative estimate of drug-likeness (QED) is 0.731. The van der Waals surface area contributed by atoms with E-state index in [4.69, 9.17) is 0 Å². The second kappa shape index (κ2) is 4.00. The number of aromatic nitrogens is 2. The molecule has 1 aromatic heterocycles. The third kappa shape index (κ3) is 1.60. The van der Waals surface area contributed by atoms with Crippen LogP contribution in [-0.2, 0) is 18.4 Å². The molecule has 2 atom stereocenters. The van der Waals surface area contributed by atoms with Crippen molar-refractivity contribution in [1.82, 2.24) is 19.4 Å². The van der Waals surface area contributed by atoms with Crippen LogP contribution in [0.2, 0.25) is 0 Å². The average Bonchev–Trinajstić information content (AvgIpc) is 2.83. The van der Waals surface area contributed by atoms with Crippen LogP contribution in [0.25, 0.3) is 0 Å². The monoisotopic (exact) mass is 274 g/mol. The van der Waals surface area contributed by atoms with Crippen LogP contribution in [0.3, 0.4) is 0 Å². The molecule has 0 spiro atoms. The molecular weight excluding hydrogens is 255 g/mol. The Morgan fingerprint density at radius 2 is 2.47 bits per heavy atom. The SMILES string of the molecule is O=C([NH][AlH2])N1CCc2[nH]nc(C34CCCC3C4)c2C1. The summed E-state index contributed by atoms with van der Waals surface area (Å²) in [6.45, 7) is 1.54. The Morgan fingerprint density at radius 1 is 1.58 bits per heavy atom. The van der Waals surface area contributed by atoms with Crippen LogP contribution in [0.5, 0.6) is 0 Å². The number of hydrogen-bond acceptors (Lipinski definition) is 2. The van der Waals surface area contributed by atoms with Crippen molar-refractivity contribution < 1.29 is 4.79 Å². The number of fused-ring (bicyclic) bond motifs is 2. The lowest BCUT2D eigenvalue weighted by molar-refractivity contribution is 0.198. The van der Waals surface area contributed by atoms with Crippen molar-refractivity contribution in [1.29, 1.82) is 0 Å². The predicted octanol–water partition coefficient (Wildman–Crippen LogP) is 0.467. The molecule has 0 bridgehead atoms. The van der Waals surface area contributed by atoms with E-state index in [1.54, 1.807) is 0 Å². The normalized spacial score (nSPS) is 31.8. The molecule has 2 aliphatic carbocycles. The number of H-pyrrole nitrogens is 1.